The molecule has 1 spiro atoms. The van der Waals surface area contributed by atoms with Crippen LogP contribution in [-0.4, -0.2) is 67.6 Å². The van der Waals surface area contributed by atoms with E-state index in [0.29, 0.717) is 35.4 Å². The van der Waals surface area contributed by atoms with Crippen molar-refractivity contribution in [3.63, 3.8) is 0 Å². The Hall–Kier alpha value is -2.44. The highest BCUT2D eigenvalue weighted by Crippen LogP contribution is 2.44. The van der Waals surface area contributed by atoms with Crippen LogP contribution in [0.1, 0.15) is 48.9 Å². The third kappa shape index (κ3) is 2.88. The van der Waals surface area contributed by atoms with Crippen LogP contribution in [0.3, 0.4) is 0 Å². The maximum atomic E-state index is 13.5. The van der Waals surface area contributed by atoms with E-state index < -0.39 is 5.54 Å². The molecule has 1 aromatic carbocycles. The first-order chi connectivity index (χ1) is 13.6. The summed E-state index contributed by atoms with van der Waals surface area (Å²) < 4.78 is 16.1. The van der Waals surface area contributed by atoms with Gasteiger partial charge in [-0.2, -0.15) is 0 Å². The lowest BCUT2D eigenvalue weighted by molar-refractivity contribution is -0.146. The molecule has 1 aromatic rings. The topological polar surface area (TPSA) is 68.3 Å². The lowest BCUT2D eigenvalue weighted by Gasteiger charge is -2.44. The zero-order valence-electron chi connectivity index (χ0n) is 16.8. The molecule has 4 rings (SSSR count). The van der Waals surface area contributed by atoms with Gasteiger partial charge in [0.05, 0.1) is 21.3 Å². The molecule has 2 aliphatic heterocycles. The Labute approximate surface area is 165 Å². The van der Waals surface area contributed by atoms with Gasteiger partial charge in [-0.25, -0.2) is 0 Å². The van der Waals surface area contributed by atoms with Crippen molar-refractivity contribution in [2.24, 2.45) is 0 Å². The summed E-state index contributed by atoms with van der Waals surface area (Å²) in [5.74, 6) is 1.31. The number of hydrogen-bond acceptors (Lipinski definition) is 5. The van der Waals surface area contributed by atoms with Gasteiger partial charge in [0.1, 0.15) is 5.54 Å². The maximum Gasteiger partial charge on any atom is 0.255 e. The molecular weight excluding hydrogens is 360 g/mol. The van der Waals surface area contributed by atoms with Crippen LogP contribution in [0.4, 0.5) is 0 Å². The van der Waals surface area contributed by atoms with E-state index in [9.17, 15) is 9.59 Å². The Balaban J connectivity index is 1.68. The van der Waals surface area contributed by atoms with E-state index >= 15 is 0 Å². The average Bonchev–Trinajstić information content (AvgIpc) is 3.48. The number of likely N-dealkylation sites (tertiary alicyclic amines) is 2. The minimum absolute atomic E-state index is 0.138. The highest BCUT2D eigenvalue weighted by atomic mass is 16.5. The largest absolute Gasteiger partial charge is 0.493 e. The molecule has 3 aliphatic rings. The van der Waals surface area contributed by atoms with Gasteiger partial charge in [0.2, 0.25) is 11.7 Å². The SMILES string of the molecule is COc1cc(C(=O)N2CCCC23CCCN(C2CC2)C3=O)cc(OC)c1OC. The second-order valence-electron chi connectivity index (χ2n) is 7.84. The molecule has 0 aromatic heterocycles. The molecule has 1 aliphatic carbocycles. The first kappa shape index (κ1) is 18.9. The quantitative estimate of drug-likeness (QED) is 0.775. The summed E-state index contributed by atoms with van der Waals surface area (Å²) in [5, 5.41) is 0. The number of benzene rings is 1. The third-order valence-corrected chi connectivity index (χ3v) is 6.28. The van der Waals surface area contributed by atoms with Crippen molar-refractivity contribution in [2.45, 2.75) is 50.1 Å². The van der Waals surface area contributed by atoms with Crippen molar-refractivity contribution in [3.8, 4) is 17.2 Å². The second kappa shape index (κ2) is 7.18. The molecule has 0 N–H and O–H groups in total. The normalized spacial score (nSPS) is 24.6. The van der Waals surface area contributed by atoms with Gasteiger partial charge in [-0.15, -0.1) is 0 Å². The number of piperidine rings is 1. The molecule has 2 saturated heterocycles. The Kier molecular flexibility index (Phi) is 4.85. The van der Waals surface area contributed by atoms with Crippen molar-refractivity contribution in [1.29, 1.82) is 0 Å². The van der Waals surface area contributed by atoms with Gasteiger partial charge in [0.25, 0.3) is 5.91 Å². The van der Waals surface area contributed by atoms with Gasteiger partial charge in [0.15, 0.2) is 11.5 Å². The number of hydrogen-bond donors (Lipinski definition) is 0. The first-order valence-corrected chi connectivity index (χ1v) is 9.99. The Morgan fingerprint density at radius 3 is 2.14 bits per heavy atom. The molecule has 28 heavy (non-hydrogen) atoms. The Bertz CT molecular complexity index is 766. The molecule has 152 valence electrons. The highest BCUT2D eigenvalue weighted by molar-refractivity contribution is 6.01. The van der Waals surface area contributed by atoms with Gasteiger partial charge < -0.3 is 24.0 Å². The highest BCUT2D eigenvalue weighted by Gasteiger charge is 2.54. The number of rotatable bonds is 5. The predicted molar refractivity (Wildman–Crippen MR) is 103 cm³/mol. The fourth-order valence-corrected chi connectivity index (χ4v) is 4.77. The van der Waals surface area contributed by atoms with Crippen LogP contribution in [0.15, 0.2) is 12.1 Å². The monoisotopic (exact) mass is 388 g/mol. The zero-order valence-corrected chi connectivity index (χ0v) is 16.8. The fraction of sp³-hybridized carbons (Fsp3) is 0.619. The molecule has 2 heterocycles. The van der Waals surface area contributed by atoms with Crippen LogP contribution >= 0.6 is 0 Å². The van der Waals surface area contributed by atoms with Crippen molar-refractivity contribution >= 4 is 11.8 Å². The van der Waals surface area contributed by atoms with E-state index in [1.807, 2.05) is 4.90 Å². The molecule has 7 heteroatoms. The van der Waals surface area contributed by atoms with Crippen LogP contribution in [-0.2, 0) is 4.79 Å². The molecular formula is C21H28N2O5. The van der Waals surface area contributed by atoms with Gasteiger partial charge in [-0.3, -0.25) is 9.59 Å². The fourth-order valence-electron chi connectivity index (χ4n) is 4.77. The molecule has 1 unspecified atom stereocenters. The second-order valence-corrected chi connectivity index (χ2v) is 7.84. The maximum absolute atomic E-state index is 13.5. The van der Waals surface area contributed by atoms with Crippen molar-refractivity contribution in [3.05, 3.63) is 17.7 Å². The first-order valence-electron chi connectivity index (χ1n) is 9.99. The third-order valence-electron chi connectivity index (χ3n) is 6.28. The molecule has 3 fully saturated rings. The number of amides is 2. The number of methoxy groups -OCH3 is 3. The van der Waals surface area contributed by atoms with Gasteiger partial charge in [0, 0.05) is 24.7 Å². The van der Waals surface area contributed by atoms with E-state index in [-0.39, 0.29) is 11.8 Å². The number of nitrogens with zero attached hydrogens (tertiary/aromatic N) is 2. The van der Waals surface area contributed by atoms with Gasteiger partial charge in [-0.1, -0.05) is 0 Å². The molecule has 1 saturated carbocycles. The molecule has 7 nitrogen and oxygen atoms in total. The number of ether oxygens (including phenoxy) is 3. The molecule has 1 atom stereocenters. The Morgan fingerprint density at radius 1 is 1.00 bits per heavy atom. The summed E-state index contributed by atoms with van der Waals surface area (Å²) in [6.45, 7) is 1.41. The summed E-state index contributed by atoms with van der Waals surface area (Å²) in [7, 11) is 4.59. The summed E-state index contributed by atoms with van der Waals surface area (Å²) in [6, 6.07) is 3.71. The van der Waals surface area contributed by atoms with Crippen LogP contribution in [0.5, 0.6) is 17.2 Å². The van der Waals surface area contributed by atoms with E-state index in [0.717, 1.165) is 45.1 Å². The van der Waals surface area contributed by atoms with Crippen LogP contribution in [0.2, 0.25) is 0 Å². The van der Waals surface area contributed by atoms with Gasteiger partial charge >= 0.3 is 0 Å². The van der Waals surface area contributed by atoms with E-state index in [1.165, 1.54) is 21.3 Å². The zero-order chi connectivity index (χ0) is 19.9. The molecule has 0 bridgehead atoms. The average molecular weight is 388 g/mol. The minimum atomic E-state index is -0.696. The lowest BCUT2D eigenvalue weighted by atomic mass is 9.85. The summed E-state index contributed by atoms with van der Waals surface area (Å²) in [5.41, 5.74) is -0.245. The molecule has 2 amide bonds. The Morgan fingerprint density at radius 2 is 1.61 bits per heavy atom. The minimum Gasteiger partial charge on any atom is -0.493 e. The molecule has 0 radical (unpaired) electrons. The number of carbonyl (C=O) groups is 2. The standard InChI is InChI=1S/C21H28N2O5/c1-26-16-12-14(13-17(27-2)18(16)28-3)19(24)23-11-5-9-21(23)8-4-10-22(20(21)25)15-6-7-15/h12-13,15H,4-11H2,1-3H3. The van der Waals surface area contributed by atoms with Crippen molar-refractivity contribution in [1.82, 2.24) is 9.80 Å². The van der Waals surface area contributed by atoms with E-state index in [2.05, 4.69) is 0 Å². The van der Waals surface area contributed by atoms with Gasteiger partial charge in [-0.05, 0) is 50.7 Å². The van der Waals surface area contributed by atoms with E-state index in [4.69, 9.17) is 14.2 Å². The summed E-state index contributed by atoms with van der Waals surface area (Å²) in [6.07, 6.45) is 5.45. The van der Waals surface area contributed by atoms with Crippen LogP contribution in [0.25, 0.3) is 0 Å². The van der Waals surface area contributed by atoms with Crippen molar-refractivity contribution < 1.29 is 23.8 Å². The summed E-state index contributed by atoms with van der Waals surface area (Å²) >= 11 is 0. The summed E-state index contributed by atoms with van der Waals surface area (Å²) in [4.78, 5) is 30.7. The lowest BCUT2D eigenvalue weighted by Crippen LogP contribution is -2.61. The van der Waals surface area contributed by atoms with Crippen LogP contribution in [0, 0.1) is 0 Å². The van der Waals surface area contributed by atoms with E-state index in [1.54, 1.807) is 17.0 Å². The number of carbonyl (C=O) groups excluding carboxylic acids is 2. The van der Waals surface area contributed by atoms with Crippen molar-refractivity contribution in [2.75, 3.05) is 34.4 Å². The van der Waals surface area contributed by atoms with Crippen LogP contribution < -0.4 is 14.2 Å². The predicted octanol–water partition coefficient (Wildman–Crippen LogP) is 2.47. The smallest absolute Gasteiger partial charge is 0.255 e.